The smallest absolute Gasteiger partial charge is 0.310 e. The molecule has 1 aromatic rings. The number of rotatable bonds is 4. The van der Waals surface area contributed by atoms with Gasteiger partial charge in [0.2, 0.25) is 0 Å². The SMILES string of the molecule is CCOC(=O)Cc1ccc(OC)c(F)c1C#N. The van der Waals surface area contributed by atoms with Crippen molar-refractivity contribution in [3.63, 3.8) is 0 Å². The third-order valence-electron chi connectivity index (χ3n) is 2.16. The van der Waals surface area contributed by atoms with E-state index < -0.39 is 11.8 Å². The Hall–Kier alpha value is -2.09. The number of carbonyl (C=O) groups excluding carboxylic acids is 1. The Balaban J connectivity index is 3.06. The quantitative estimate of drug-likeness (QED) is 0.749. The fourth-order valence-corrected chi connectivity index (χ4v) is 1.39. The Kier molecular flexibility index (Phi) is 4.46. The van der Waals surface area contributed by atoms with Crippen molar-refractivity contribution in [3.05, 3.63) is 29.1 Å². The van der Waals surface area contributed by atoms with Crippen LogP contribution >= 0.6 is 0 Å². The molecular weight excluding hydrogens is 225 g/mol. The normalized spacial score (nSPS) is 9.53. The lowest BCUT2D eigenvalue weighted by molar-refractivity contribution is -0.142. The van der Waals surface area contributed by atoms with Crippen molar-refractivity contribution in [2.75, 3.05) is 13.7 Å². The van der Waals surface area contributed by atoms with Crippen LogP contribution < -0.4 is 4.74 Å². The van der Waals surface area contributed by atoms with Crippen molar-refractivity contribution < 1.29 is 18.7 Å². The van der Waals surface area contributed by atoms with Gasteiger partial charge in [0, 0.05) is 0 Å². The maximum Gasteiger partial charge on any atom is 0.310 e. The molecule has 0 heterocycles. The first-order chi connectivity index (χ1) is 8.13. The van der Waals surface area contributed by atoms with Gasteiger partial charge in [-0.05, 0) is 18.6 Å². The number of esters is 1. The van der Waals surface area contributed by atoms with Gasteiger partial charge in [0.25, 0.3) is 0 Å². The van der Waals surface area contributed by atoms with E-state index in [2.05, 4.69) is 0 Å². The van der Waals surface area contributed by atoms with Crippen molar-refractivity contribution in [2.45, 2.75) is 13.3 Å². The Morgan fingerprint density at radius 1 is 1.53 bits per heavy atom. The number of hydrogen-bond donors (Lipinski definition) is 0. The lowest BCUT2D eigenvalue weighted by atomic mass is 10.0. The van der Waals surface area contributed by atoms with Crippen molar-refractivity contribution in [1.29, 1.82) is 5.26 Å². The number of hydrogen-bond acceptors (Lipinski definition) is 4. The first-order valence-corrected chi connectivity index (χ1v) is 5.05. The summed E-state index contributed by atoms with van der Waals surface area (Å²) in [4.78, 5) is 11.3. The highest BCUT2D eigenvalue weighted by molar-refractivity contribution is 5.73. The van der Waals surface area contributed by atoms with E-state index in [9.17, 15) is 9.18 Å². The number of benzene rings is 1. The van der Waals surface area contributed by atoms with Gasteiger partial charge in [-0.2, -0.15) is 5.26 Å². The molecule has 0 atom stereocenters. The van der Waals surface area contributed by atoms with Gasteiger partial charge in [-0.1, -0.05) is 6.07 Å². The van der Waals surface area contributed by atoms with Crippen LogP contribution in [0.15, 0.2) is 12.1 Å². The molecule has 0 N–H and O–H groups in total. The van der Waals surface area contributed by atoms with E-state index >= 15 is 0 Å². The average Bonchev–Trinajstić information content (AvgIpc) is 2.30. The van der Waals surface area contributed by atoms with Crippen molar-refractivity contribution in [1.82, 2.24) is 0 Å². The molecule has 0 bridgehead atoms. The molecule has 0 unspecified atom stereocenters. The van der Waals surface area contributed by atoms with Crippen molar-refractivity contribution in [2.24, 2.45) is 0 Å². The minimum atomic E-state index is -0.753. The van der Waals surface area contributed by atoms with Crippen molar-refractivity contribution >= 4 is 5.97 Å². The van der Waals surface area contributed by atoms with E-state index in [4.69, 9.17) is 14.7 Å². The molecule has 4 nitrogen and oxygen atoms in total. The molecule has 5 heteroatoms. The molecular formula is C12H12FNO3. The zero-order chi connectivity index (χ0) is 12.8. The minimum Gasteiger partial charge on any atom is -0.494 e. The van der Waals surface area contributed by atoms with E-state index in [1.54, 1.807) is 13.0 Å². The van der Waals surface area contributed by atoms with Crippen LogP contribution in [0.1, 0.15) is 18.1 Å². The summed E-state index contributed by atoms with van der Waals surface area (Å²) in [6, 6.07) is 4.59. The highest BCUT2D eigenvalue weighted by Gasteiger charge is 2.16. The number of nitriles is 1. The predicted octanol–water partition coefficient (Wildman–Crippen LogP) is 1.81. The second-order valence-corrected chi connectivity index (χ2v) is 3.21. The molecule has 0 fully saturated rings. The summed E-state index contributed by atoms with van der Waals surface area (Å²) in [7, 11) is 1.31. The third kappa shape index (κ3) is 2.94. The molecule has 0 aliphatic carbocycles. The molecule has 0 amide bonds. The van der Waals surface area contributed by atoms with Gasteiger partial charge in [0.1, 0.15) is 6.07 Å². The van der Waals surface area contributed by atoms with Gasteiger partial charge in [-0.25, -0.2) is 4.39 Å². The summed E-state index contributed by atoms with van der Waals surface area (Å²) in [5.74, 6) is -1.26. The lowest BCUT2D eigenvalue weighted by Gasteiger charge is -2.08. The molecule has 0 saturated carbocycles. The van der Waals surface area contributed by atoms with Crippen LogP contribution in [0.5, 0.6) is 5.75 Å². The van der Waals surface area contributed by atoms with Gasteiger partial charge >= 0.3 is 5.97 Å². The molecule has 0 aliphatic heterocycles. The molecule has 90 valence electrons. The van der Waals surface area contributed by atoms with Gasteiger partial charge in [0.05, 0.1) is 25.7 Å². The van der Waals surface area contributed by atoms with Crippen LogP contribution in [0.4, 0.5) is 4.39 Å². The number of methoxy groups -OCH3 is 1. The second kappa shape index (κ2) is 5.85. The minimum absolute atomic E-state index is 0.0193. The number of halogens is 1. The summed E-state index contributed by atoms with van der Waals surface area (Å²) in [6.07, 6.45) is -0.127. The number of carbonyl (C=O) groups is 1. The summed E-state index contributed by atoms with van der Waals surface area (Å²) >= 11 is 0. The van der Waals surface area contributed by atoms with Gasteiger partial charge in [-0.3, -0.25) is 4.79 Å². The lowest BCUT2D eigenvalue weighted by Crippen LogP contribution is -2.09. The predicted molar refractivity (Wildman–Crippen MR) is 58.0 cm³/mol. The van der Waals surface area contributed by atoms with Gasteiger partial charge in [0.15, 0.2) is 11.6 Å². The topological polar surface area (TPSA) is 59.3 Å². The Morgan fingerprint density at radius 3 is 2.76 bits per heavy atom. The summed E-state index contributed by atoms with van der Waals surface area (Å²) in [5, 5.41) is 8.86. The number of nitrogens with zero attached hydrogens (tertiary/aromatic N) is 1. The van der Waals surface area contributed by atoms with Crippen LogP contribution in [0.25, 0.3) is 0 Å². The van der Waals surface area contributed by atoms with E-state index in [-0.39, 0.29) is 24.3 Å². The fraction of sp³-hybridized carbons (Fsp3) is 0.333. The molecule has 17 heavy (non-hydrogen) atoms. The summed E-state index contributed by atoms with van der Waals surface area (Å²) < 4.78 is 23.2. The first-order valence-electron chi connectivity index (χ1n) is 5.05. The Labute approximate surface area is 98.6 Å². The molecule has 0 aliphatic rings. The molecule has 1 rings (SSSR count). The monoisotopic (exact) mass is 237 g/mol. The maximum absolute atomic E-state index is 13.7. The van der Waals surface area contributed by atoms with Crippen LogP contribution in [0.2, 0.25) is 0 Å². The second-order valence-electron chi connectivity index (χ2n) is 3.21. The molecule has 0 radical (unpaired) electrons. The average molecular weight is 237 g/mol. The van der Waals surface area contributed by atoms with E-state index in [1.165, 1.54) is 19.2 Å². The van der Waals surface area contributed by atoms with Crippen LogP contribution in [0.3, 0.4) is 0 Å². The van der Waals surface area contributed by atoms with E-state index in [0.29, 0.717) is 5.56 Å². The third-order valence-corrected chi connectivity index (χ3v) is 2.16. The summed E-state index contributed by atoms with van der Waals surface area (Å²) in [5.41, 5.74) is 0.113. The van der Waals surface area contributed by atoms with E-state index in [0.717, 1.165) is 0 Å². The van der Waals surface area contributed by atoms with Crippen LogP contribution in [0, 0.1) is 17.1 Å². The Morgan fingerprint density at radius 2 is 2.24 bits per heavy atom. The highest BCUT2D eigenvalue weighted by Crippen LogP contribution is 2.23. The molecule has 0 spiro atoms. The number of ether oxygens (including phenoxy) is 2. The zero-order valence-electron chi connectivity index (χ0n) is 9.62. The highest BCUT2D eigenvalue weighted by atomic mass is 19.1. The first kappa shape index (κ1) is 13.0. The van der Waals surface area contributed by atoms with Gasteiger partial charge < -0.3 is 9.47 Å². The van der Waals surface area contributed by atoms with Crippen LogP contribution in [-0.2, 0) is 16.0 Å². The molecule has 1 aromatic carbocycles. The molecule has 0 saturated heterocycles. The maximum atomic E-state index is 13.7. The van der Waals surface area contributed by atoms with E-state index in [1.807, 2.05) is 0 Å². The standard InChI is InChI=1S/C12H12FNO3/c1-3-17-11(15)6-8-4-5-10(16-2)12(13)9(8)7-14/h4-5H,3,6H2,1-2H3. The largest absolute Gasteiger partial charge is 0.494 e. The summed E-state index contributed by atoms with van der Waals surface area (Å²) in [6.45, 7) is 1.93. The Bertz CT molecular complexity index is 466. The van der Waals surface area contributed by atoms with Crippen molar-refractivity contribution in [3.8, 4) is 11.8 Å². The fourth-order valence-electron chi connectivity index (χ4n) is 1.39. The molecule has 0 aromatic heterocycles. The zero-order valence-corrected chi connectivity index (χ0v) is 9.62. The van der Waals surface area contributed by atoms with Crippen LogP contribution in [-0.4, -0.2) is 19.7 Å². The van der Waals surface area contributed by atoms with Gasteiger partial charge in [-0.15, -0.1) is 0 Å².